The highest BCUT2D eigenvalue weighted by molar-refractivity contribution is 7.46. The van der Waals surface area contributed by atoms with E-state index in [-0.39, 0.29) is 37.4 Å². The van der Waals surface area contributed by atoms with Crippen molar-refractivity contribution >= 4 is 65.7 Å². The SMILES string of the molecule is CC[C@H](C)C(NC(=O)[C@@]1(NC(=O)[C@H](Cc2ccc(OP(=O)(O)O)cc2)NC(=O)O)CCc2[nH]c3c(Cl)cc(Cl)cc3c2C1)C(N)=O. The molecule has 1 aliphatic carbocycles. The van der Waals surface area contributed by atoms with Gasteiger partial charge in [-0.05, 0) is 54.2 Å². The van der Waals surface area contributed by atoms with E-state index in [2.05, 4.69) is 25.5 Å². The van der Waals surface area contributed by atoms with Crippen LogP contribution in [0.15, 0.2) is 36.4 Å². The van der Waals surface area contributed by atoms with Gasteiger partial charge in [0.15, 0.2) is 0 Å². The highest BCUT2D eigenvalue weighted by Gasteiger charge is 2.46. The van der Waals surface area contributed by atoms with Gasteiger partial charge in [0.1, 0.15) is 23.4 Å². The van der Waals surface area contributed by atoms with Gasteiger partial charge in [-0.1, -0.05) is 55.6 Å². The molecule has 0 radical (unpaired) electrons. The number of carboxylic acid groups (broad SMARTS) is 1. The van der Waals surface area contributed by atoms with Crippen LogP contribution >= 0.6 is 31.0 Å². The van der Waals surface area contributed by atoms with Gasteiger partial charge >= 0.3 is 13.9 Å². The minimum Gasteiger partial charge on any atom is -0.465 e. The third-order valence-electron chi connectivity index (χ3n) is 8.11. The number of phosphoric acid groups is 1. The maximum absolute atomic E-state index is 14.1. The second kappa shape index (κ2) is 13.9. The number of aryl methyl sites for hydroxylation is 1. The van der Waals surface area contributed by atoms with E-state index in [0.29, 0.717) is 38.5 Å². The first-order valence-electron chi connectivity index (χ1n) is 14.3. The first kappa shape index (κ1) is 35.1. The fourth-order valence-electron chi connectivity index (χ4n) is 5.58. The van der Waals surface area contributed by atoms with Crippen molar-refractivity contribution in [3.8, 4) is 5.75 Å². The molecule has 1 aliphatic rings. The third kappa shape index (κ3) is 8.12. The highest BCUT2D eigenvalue weighted by atomic mass is 35.5. The average molecular weight is 698 g/mol. The third-order valence-corrected chi connectivity index (χ3v) is 9.07. The minimum absolute atomic E-state index is 0.0449. The van der Waals surface area contributed by atoms with E-state index in [1.54, 1.807) is 19.1 Å². The number of phosphoric ester groups is 1. The summed E-state index contributed by atoms with van der Waals surface area (Å²) >= 11 is 12.7. The fraction of sp³-hybridized carbons (Fsp3) is 0.379. The van der Waals surface area contributed by atoms with Crippen LogP contribution in [-0.4, -0.2) is 61.3 Å². The monoisotopic (exact) mass is 697 g/mol. The number of aromatic amines is 1. The number of aromatic nitrogens is 1. The zero-order chi connectivity index (χ0) is 34.0. The standard InChI is InChI=1S/C29H34Cl2N5O9P/c1-3-14(2)23(25(32)37)35-27(39)29(9-8-21-19(13-29)18-11-16(30)12-20(31)24(18)33-21)36-26(38)22(34-28(40)41)10-15-4-6-17(7-5-15)45-46(42,43)44/h4-7,11-12,14,22-23,33-34H,3,8-10,13H2,1-2H3,(H2,32,37)(H,35,39)(H,36,38)(H,40,41)(H2,42,43,44)/t14-,22-,23?,29+/m0/s1. The molecule has 4 amide bonds. The molecule has 0 fully saturated rings. The van der Waals surface area contributed by atoms with Crippen LogP contribution in [0.5, 0.6) is 5.75 Å². The van der Waals surface area contributed by atoms with Gasteiger partial charge in [0.2, 0.25) is 17.7 Å². The number of primary amides is 1. The first-order chi connectivity index (χ1) is 21.5. The number of halogens is 2. The molecule has 1 aromatic heterocycles. The first-order valence-corrected chi connectivity index (χ1v) is 16.5. The molecule has 9 N–H and O–H groups in total. The summed E-state index contributed by atoms with van der Waals surface area (Å²) in [6.45, 7) is 3.59. The van der Waals surface area contributed by atoms with Crippen molar-refractivity contribution in [3.63, 3.8) is 0 Å². The van der Waals surface area contributed by atoms with Crippen molar-refractivity contribution < 1.29 is 43.2 Å². The molecule has 0 saturated carbocycles. The van der Waals surface area contributed by atoms with Crippen molar-refractivity contribution in [3.05, 3.63) is 63.3 Å². The van der Waals surface area contributed by atoms with Gasteiger partial charge < -0.3 is 36.3 Å². The summed E-state index contributed by atoms with van der Waals surface area (Å²) in [5.41, 5.74) is 6.46. The Morgan fingerprint density at radius 2 is 1.80 bits per heavy atom. The molecule has 0 spiro atoms. The molecule has 1 heterocycles. The zero-order valence-corrected chi connectivity index (χ0v) is 27.2. The second-order valence-electron chi connectivity index (χ2n) is 11.3. The summed E-state index contributed by atoms with van der Waals surface area (Å²) in [4.78, 5) is 73.4. The molecule has 0 saturated heterocycles. The summed E-state index contributed by atoms with van der Waals surface area (Å²) in [6, 6.07) is 6.16. The molecule has 46 heavy (non-hydrogen) atoms. The van der Waals surface area contributed by atoms with Gasteiger partial charge in [-0.15, -0.1) is 0 Å². The topological polar surface area (TPSA) is 233 Å². The van der Waals surface area contributed by atoms with Gasteiger partial charge in [-0.3, -0.25) is 24.2 Å². The predicted molar refractivity (Wildman–Crippen MR) is 170 cm³/mol. The summed E-state index contributed by atoms with van der Waals surface area (Å²) in [5.74, 6) is -2.71. The number of hydrogen-bond donors (Lipinski definition) is 8. The maximum Gasteiger partial charge on any atom is 0.524 e. The van der Waals surface area contributed by atoms with Crippen LogP contribution < -0.4 is 26.2 Å². The van der Waals surface area contributed by atoms with Crippen molar-refractivity contribution in [2.75, 3.05) is 0 Å². The van der Waals surface area contributed by atoms with Crippen LogP contribution in [0.3, 0.4) is 0 Å². The number of hydrogen-bond acceptors (Lipinski definition) is 6. The Balaban J connectivity index is 1.70. The van der Waals surface area contributed by atoms with Gasteiger partial charge in [0.25, 0.3) is 0 Å². The number of carbonyl (C=O) groups excluding carboxylic acids is 3. The lowest BCUT2D eigenvalue weighted by Crippen LogP contribution is -2.66. The maximum atomic E-state index is 14.1. The molecule has 0 aliphatic heterocycles. The van der Waals surface area contributed by atoms with E-state index in [0.717, 1.165) is 5.69 Å². The quantitative estimate of drug-likeness (QED) is 0.130. The summed E-state index contributed by atoms with van der Waals surface area (Å²) in [6.07, 6.45) is -0.843. The molecule has 3 aromatic rings. The number of rotatable bonds is 12. The molecular weight excluding hydrogens is 664 g/mol. The predicted octanol–water partition coefficient (Wildman–Crippen LogP) is 3.19. The minimum atomic E-state index is -4.81. The lowest BCUT2D eigenvalue weighted by atomic mass is 9.78. The van der Waals surface area contributed by atoms with Crippen molar-refractivity contribution in [2.24, 2.45) is 11.7 Å². The molecule has 248 valence electrons. The number of fused-ring (bicyclic) bond motifs is 3. The number of amides is 4. The Bertz CT molecular complexity index is 1710. The van der Waals surface area contributed by atoms with E-state index < -0.39 is 49.3 Å². The van der Waals surface area contributed by atoms with Crippen LogP contribution in [0.25, 0.3) is 10.9 Å². The number of nitrogens with one attached hydrogen (secondary N) is 4. The zero-order valence-electron chi connectivity index (χ0n) is 24.8. The van der Waals surface area contributed by atoms with E-state index in [1.807, 2.05) is 6.92 Å². The lowest BCUT2D eigenvalue weighted by molar-refractivity contribution is -0.137. The molecule has 4 atom stereocenters. The lowest BCUT2D eigenvalue weighted by Gasteiger charge is -2.39. The molecular formula is C29H34Cl2N5O9P. The summed E-state index contributed by atoms with van der Waals surface area (Å²) in [5, 5.41) is 18.6. The Kier molecular flexibility index (Phi) is 10.6. The van der Waals surface area contributed by atoms with E-state index in [1.165, 1.54) is 24.3 Å². The number of carbonyl (C=O) groups is 4. The van der Waals surface area contributed by atoms with Crippen LogP contribution in [0.2, 0.25) is 10.0 Å². The Morgan fingerprint density at radius 1 is 1.13 bits per heavy atom. The van der Waals surface area contributed by atoms with E-state index in [4.69, 9.17) is 38.7 Å². The Hall–Kier alpha value is -3.81. The fourth-order valence-corrected chi connectivity index (χ4v) is 6.52. The largest absolute Gasteiger partial charge is 0.524 e. The highest BCUT2D eigenvalue weighted by Crippen LogP contribution is 2.39. The molecule has 4 rings (SSSR count). The van der Waals surface area contributed by atoms with E-state index >= 15 is 0 Å². The molecule has 0 bridgehead atoms. The van der Waals surface area contributed by atoms with Gasteiger partial charge in [-0.2, -0.15) is 0 Å². The van der Waals surface area contributed by atoms with Crippen LogP contribution in [-0.2, 0) is 38.2 Å². The van der Waals surface area contributed by atoms with E-state index in [9.17, 15) is 28.8 Å². The van der Waals surface area contributed by atoms with Crippen LogP contribution in [0.1, 0.15) is 43.5 Å². The van der Waals surface area contributed by atoms with Crippen molar-refractivity contribution in [1.82, 2.24) is 20.9 Å². The molecule has 14 nitrogen and oxygen atoms in total. The molecule has 2 aromatic carbocycles. The van der Waals surface area contributed by atoms with Gasteiger partial charge in [-0.25, -0.2) is 9.36 Å². The van der Waals surface area contributed by atoms with Crippen molar-refractivity contribution in [2.45, 2.75) is 63.6 Å². The number of H-pyrrole nitrogens is 1. The summed E-state index contributed by atoms with van der Waals surface area (Å²) < 4.78 is 15.7. The second-order valence-corrected chi connectivity index (χ2v) is 13.3. The summed E-state index contributed by atoms with van der Waals surface area (Å²) in [7, 11) is -4.81. The number of nitrogens with two attached hydrogens (primary N) is 1. The average Bonchev–Trinajstić information content (AvgIpc) is 3.32. The Morgan fingerprint density at radius 3 is 2.39 bits per heavy atom. The number of benzene rings is 2. The molecule has 17 heteroatoms. The van der Waals surface area contributed by atoms with Gasteiger partial charge in [0.05, 0.1) is 10.5 Å². The van der Waals surface area contributed by atoms with Crippen LogP contribution in [0, 0.1) is 5.92 Å². The van der Waals surface area contributed by atoms with Gasteiger partial charge in [0, 0.05) is 28.9 Å². The van der Waals surface area contributed by atoms with Crippen molar-refractivity contribution in [1.29, 1.82) is 0 Å². The van der Waals surface area contributed by atoms with Crippen LogP contribution in [0.4, 0.5) is 4.79 Å². The Labute approximate surface area is 273 Å². The normalized spacial score (nSPS) is 18.1. The molecule has 1 unspecified atom stereocenters. The smallest absolute Gasteiger partial charge is 0.465 e.